The SMILES string of the molecule is O=C(c1ccccc1O)C1C(c2ccccc2)C(C(=O)c2ccccc2O)C2(O)c3ccccc3OC(c3ccccc3)C2C1c1ccccc1. The number of carbonyl (C=O) groups excluding carboxylic acids is 2. The molecule has 1 heterocycles. The van der Waals surface area contributed by atoms with E-state index in [1.165, 1.54) is 12.1 Å². The van der Waals surface area contributed by atoms with Gasteiger partial charge >= 0.3 is 0 Å². The Bertz CT molecular complexity index is 2200. The molecule has 6 heteroatoms. The Labute approximate surface area is 296 Å². The number of rotatable bonds is 7. The van der Waals surface area contributed by atoms with E-state index in [1.807, 2.05) is 103 Å². The largest absolute Gasteiger partial charge is 0.507 e. The monoisotopic (exact) mass is 672 g/mol. The summed E-state index contributed by atoms with van der Waals surface area (Å²) in [6, 6.07) is 48.6. The van der Waals surface area contributed by atoms with Crippen LogP contribution < -0.4 is 4.74 Å². The zero-order valence-corrected chi connectivity index (χ0v) is 27.6. The highest BCUT2D eigenvalue weighted by atomic mass is 16.5. The van der Waals surface area contributed by atoms with Gasteiger partial charge in [-0.15, -0.1) is 0 Å². The maximum Gasteiger partial charge on any atom is 0.173 e. The number of phenols is 2. The van der Waals surface area contributed by atoms with Crippen molar-refractivity contribution in [3.8, 4) is 17.2 Å². The molecule has 6 aromatic carbocycles. The lowest BCUT2D eigenvalue weighted by Gasteiger charge is -2.59. The van der Waals surface area contributed by atoms with Crippen molar-refractivity contribution in [3.05, 3.63) is 197 Å². The van der Waals surface area contributed by atoms with Crippen molar-refractivity contribution in [2.24, 2.45) is 17.8 Å². The van der Waals surface area contributed by atoms with E-state index < -0.39 is 47.1 Å². The number of ketones is 2. The fourth-order valence-electron chi connectivity index (χ4n) is 8.77. The summed E-state index contributed by atoms with van der Waals surface area (Å²) in [5.74, 6) is -5.61. The highest BCUT2D eigenvalue weighted by Gasteiger charge is 2.68. The first-order valence-electron chi connectivity index (χ1n) is 17.2. The fourth-order valence-corrected chi connectivity index (χ4v) is 8.77. The second kappa shape index (κ2) is 13.0. The first kappa shape index (κ1) is 32.2. The quantitative estimate of drug-likeness (QED) is 0.147. The van der Waals surface area contributed by atoms with Crippen LogP contribution in [0.25, 0.3) is 0 Å². The molecule has 0 amide bonds. The summed E-state index contributed by atoms with van der Waals surface area (Å²) in [5, 5.41) is 36.3. The van der Waals surface area contributed by atoms with Crippen LogP contribution in [0.4, 0.5) is 0 Å². The Hall–Kier alpha value is -5.98. The molecule has 51 heavy (non-hydrogen) atoms. The van der Waals surface area contributed by atoms with Gasteiger partial charge in [-0.3, -0.25) is 9.59 Å². The maximum atomic E-state index is 15.4. The molecule has 0 aromatic heterocycles. The molecule has 0 spiro atoms. The summed E-state index contributed by atoms with van der Waals surface area (Å²) in [6.45, 7) is 0. The molecular weight excluding hydrogens is 636 g/mol. The third kappa shape index (κ3) is 5.31. The number of Topliss-reactive ketones (excluding diaryl/α,β-unsaturated/α-hetero) is 2. The topological polar surface area (TPSA) is 104 Å². The number of carbonyl (C=O) groups is 2. The summed E-state index contributed by atoms with van der Waals surface area (Å²) < 4.78 is 6.88. The highest BCUT2D eigenvalue weighted by molar-refractivity contribution is 6.05. The van der Waals surface area contributed by atoms with E-state index in [2.05, 4.69) is 0 Å². The molecule has 0 radical (unpaired) electrons. The van der Waals surface area contributed by atoms with Crippen LogP contribution in [-0.2, 0) is 5.60 Å². The van der Waals surface area contributed by atoms with Gasteiger partial charge in [-0.05, 0) is 47.0 Å². The van der Waals surface area contributed by atoms with Crippen LogP contribution in [0.2, 0.25) is 0 Å². The van der Waals surface area contributed by atoms with E-state index in [4.69, 9.17) is 4.74 Å². The Kier molecular flexibility index (Phi) is 8.25. The zero-order valence-electron chi connectivity index (χ0n) is 27.6. The van der Waals surface area contributed by atoms with Crippen LogP contribution in [-0.4, -0.2) is 26.9 Å². The molecule has 1 saturated carbocycles. The van der Waals surface area contributed by atoms with Crippen LogP contribution >= 0.6 is 0 Å². The number of fused-ring (bicyclic) bond motifs is 3. The van der Waals surface area contributed by atoms with Gasteiger partial charge < -0.3 is 20.1 Å². The molecule has 1 aliphatic carbocycles. The first-order valence-corrected chi connectivity index (χ1v) is 17.2. The lowest BCUT2D eigenvalue weighted by Crippen LogP contribution is -2.62. The number of ether oxygens (including phenoxy) is 1. The van der Waals surface area contributed by atoms with Crippen LogP contribution in [0.3, 0.4) is 0 Å². The predicted octanol–water partition coefficient (Wildman–Crippen LogP) is 8.61. The van der Waals surface area contributed by atoms with E-state index in [9.17, 15) is 15.3 Å². The molecule has 3 N–H and O–H groups in total. The molecule has 0 saturated heterocycles. The lowest BCUT2D eigenvalue weighted by molar-refractivity contribution is -0.164. The normalized spacial score (nSPS) is 25.1. The Morgan fingerprint density at radius 1 is 0.510 bits per heavy atom. The molecule has 7 atom stereocenters. The van der Waals surface area contributed by atoms with Gasteiger partial charge in [0.15, 0.2) is 11.6 Å². The van der Waals surface area contributed by atoms with Crippen molar-refractivity contribution in [1.82, 2.24) is 0 Å². The van der Waals surface area contributed by atoms with Gasteiger partial charge in [-0.2, -0.15) is 0 Å². The maximum absolute atomic E-state index is 15.4. The molecule has 7 unspecified atom stereocenters. The van der Waals surface area contributed by atoms with E-state index >= 15 is 9.59 Å². The lowest BCUT2D eigenvalue weighted by atomic mass is 9.46. The third-order valence-electron chi connectivity index (χ3n) is 10.8. The molecule has 2 aliphatic rings. The average Bonchev–Trinajstić information content (AvgIpc) is 3.17. The Balaban J connectivity index is 1.51. The summed E-state index contributed by atoms with van der Waals surface area (Å²) in [7, 11) is 0. The fraction of sp³-hybridized carbons (Fsp3) is 0.156. The van der Waals surface area contributed by atoms with Crippen LogP contribution in [0.15, 0.2) is 164 Å². The number of phenolic OH excluding ortho intramolecular Hbond substituents is 2. The van der Waals surface area contributed by atoms with Crippen LogP contribution in [0, 0.1) is 17.8 Å². The van der Waals surface area contributed by atoms with E-state index in [0.29, 0.717) is 16.9 Å². The van der Waals surface area contributed by atoms with Crippen molar-refractivity contribution in [2.45, 2.75) is 23.5 Å². The van der Waals surface area contributed by atoms with Crippen molar-refractivity contribution >= 4 is 11.6 Å². The number of aliphatic hydroxyl groups is 1. The van der Waals surface area contributed by atoms with Crippen molar-refractivity contribution in [3.63, 3.8) is 0 Å². The molecule has 1 fully saturated rings. The van der Waals surface area contributed by atoms with Gasteiger partial charge in [0.2, 0.25) is 0 Å². The molecule has 0 bridgehead atoms. The Morgan fingerprint density at radius 2 is 0.961 bits per heavy atom. The van der Waals surface area contributed by atoms with E-state index in [0.717, 1.165) is 11.1 Å². The number of hydrogen-bond acceptors (Lipinski definition) is 6. The molecule has 1 aliphatic heterocycles. The number of para-hydroxylation sites is 3. The number of aromatic hydroxyl groups is 2. The standard InChI is InChI=1S/C45H36O6/c46-34-25-13-10-22-31(34)42(48)39-37(28-16-4-1-5-17-28)40(43(49)32-23-11-14-26-35(32)47)45(50)33-24-12-15-27-36(33)51-44(30-20-8-3-9-21-30)41(45)38(39)29-18-6-2-7-19-29/h1-27,37-41,44,46-47,50H. The van der Waals surface area contributed by atoms with E-state index in [-0.39, 0.29) is 28.4 Å². The van der Waals surface area contributed by atoms with Gasteiger partial charge in [0, 0.05) is 29.2 Å². The smallest absolute Gasteiger partial charge is 0.173 e. The summed E-state index contributed by atoms with van der Waals surface area (Å²) in [6.07, 6.45) is -0.799. The van der Waals surface area contributed by atoms with Crippen LogP contribution in [0.5, 0.6) is 17.2 Å². The highest BCUT2D eigenvalue weighted by Crippen LogP contribution is 2.67. The second-order valence-corrected chi connectivity index (χ2v) is 13.4. The summed E-state index contributed by atoms with van der Waals surface area (Å²) >= 11 is 0. The van der Waals surface area contributed by atoms with Crippen molar-refractivity contribution < 1.29 is 29.6 Å². The first-order chi connectivity index (χ1) is 24.9. The predicted molar refractivity (Wildman–Crippen MR) is 194 cm³/mol. The third-order valence-corrected chi connectivity index (χ3v) is 10.8. The van der Waals surface area contributed by atoms with Gasteiger partial charge in [-0.1, -0.05) is 133 Å². The van der Waals surface area contributed by atoms with Gasteiger partial charge in [0.05, 0.1) is 17.0 Å². The number of hydrogen-bond donors (Lipinski definition) is 3. The summed E-state index contributed by atoms with van der Waals surface area (Å²) in [4.78, 5) is 30.8. The minimum Gasteiger partial charge on any atom is -0.507 e. The molecule has 6 aromatic rings. The van der Waals surface area contributed by atoms with Gasteiger partial charge in [-0.25, -0.2) is 0 Å². The van der Waals surface area contributed by atoms with Crippen molar-refractivity contribution in [2.75, 3.05) is 0 Å². The Morgan fingerprint density at radius 3 is 1.53 bits per heavy atom. The minimum atomic E-state index is -1.93. The molecular formula is C45H36O6. The van der Waals surface area contributed by atoms with Crippen molar-refractivity contribution in [1.29, 1.82) is 0 Å². The minimum absolute atomic E-state index is 0.0442. The van der Waals surface area contributed by atoms with E-state index in [1.54, 1.807) is 48.5 Å². The summed E-state index contributed by atoms with van der Waals surface area (Å²) in [5.41, 5.74) is 0.912. The second-order valence-electron chi connectivity index (χ2n) is 13.4. The van der Waals surface area contributed by atoms with Gasteiger partial charge in [0.25, 0.3) is 0 Å². The number of benzene rings is 6. The average molecular weight is 673 g/mol. The molecule has 6 nitrogen and oxygen atoms in total. The molecule has 252 valence electrons. The van der Waals surface area contributed by atoms with Gasteiger partial charge in [0.1, 0.15) is 29.0 Å². The molecule has 8 rings (SSSR count). The zero-order chi connectivity index (χ0) is 35.1. The van der Waals surface area contributed by atoms with Crippen LogP contribution in [0.1, 0.15) is 60.9 Å².